The zero-order valence-electron chi connectivity index (χ0n) is 13.9. The van der Waals surface area contributed by atoms with Gasteiger partial charge in [-0.15, -0.1) is 0 Å². The first kappa shape index (κ1) is 16.1. The van der Waals surface area contributed by atoms with E-state index in [0.717, 1.165) is 44.0 Å². The van der Waals surface area contributed by atoms with Gasteiger partial charge in [-0.05, 0) is 42.7 Å². The van der Waals surface area contributed by atoms with Crippen molar-refractivity contribution < 1.29 is 13.9 Å². The van der Waals surface area contributed by atoms with Crippen LogP contribution in [0.15, 0.2) is 47.1 Å². The molecule has 4 heteroatoms. The number of hydrogen-bond acceptors (Lipinski definition) is 4. The molecule has 0 amide bonds. The first-order valence-corrected chi connectivity index (χ1v) is 8.19. The topological polar surface area (TPSA) is 34.8 Å². The van der Waals surface area contributed by atoms with E-state index < -0.39 is 0 Å². The second-order valence-corrected chi connectivity index (χ2v) is 6.19. The predicted octanol–water partition coefficient (Wildman–Crippen LogP) is 3.37. The first-order chi connectivity index (χ1) is 11.3. The Morgan fingerprint density at radius 3 is 2.65 bits per heavy atom. The molecule has 4 nitrogen and oxygen atoms in total. The van der Waals surface area contributed by atoms with Gasteiger partial charge in [0.25, 0.3) is 0 Å². The lowest BCUT2D eigenvalue weighted by molar-refractivity contribution is -0.00997. The lowest BCUT2D eigenvalue weighted by Crippen LogP contribution is -2.44. The summed E-state index contributed by atoms with van der Waals surface area (Å²) in [6, 6.07) is 12.3. The molecule has 2 atom stereocenters. The van der Waals surface area contributed by atoms with Crippen molar-refractivity contribution in [3.63, 3.8) is 0 Å². The van der Waals surface area contributed by atoms with Crippen LogP contribution >= 0.6 is 0 Å². The van der Waals surface area contributed by atoms with Crippen LogP contribution in [0.4, 0.5) is 0 Å². The van der Waals surface area contributed by atoms with Gasteiger partial charge in [-0.25, -0.2) is 0 Å². The van der Waals surface area contributed by atoms with Gasteiger partial charge >= 0.3 is 0 Å². The van der Waals surface area contributed by atoms with Crippen LogP contribution in [-0.4, -0.2) is 38.3 Å². The third kappa shape index (κ3) is 4.15. The van der Waals surface area contributed by atoms with E-state index in [-0.39, 0.29) is 0 Å². The van der Waals surface area contributed by atoms with Crippen molar-refractivity contribution in [2.45, 2.75) is 25.5 Å². The average Bonchev–Trinajstić information content (AvgIpc) is 3.09. The summed E-state index contributed by atoms with van der Waals surface area (Å²) in [6.45, 7) is 2.96. The SMILES string of the molecule is COc1ccc(C[C@H]2CN(Cc3ccco3)CC[C@@H]2OC)cc1. The molecular weight excluding hydrogens is 290 g/mol. The quantitative estimate of drug-likeness (QED) is 0.818. The van der Waals surface area contributed by atoms with Crippen molar-refractivity contribution in [2.75, 3.05) is 27.3 Å². The van der Waals surface area contributed by atoms with Crippen LogP contribution in [0.1, 0.15) is 17.7 Å². The molecule has 124 valence electrons. The number of benzene rings is 1. The number of ether oxygens (including phenoxy) is 2. The van der Waals surface area contributed by atoms with E-state index in [1.165, 1.54) is 5.56 Å². The van der Waals surface area contributed by atoms with E-state index in [4.69, 9.17) is 13.9 Å². The third-order valence-electron chi connectivity index (χ3n) is 4.67. The summed E-state index contributed by atoms with van der Waals surface area (Å²) in [5.41, 5.74) is 1.33. The summed E-state index contributed by atoms with van der Waals surface area (Å²) in [5, 5.41) is 0. The van der Waals surface area contributed by atoms with Crippen molar-refractivity contribution in [1.29, 1.82) is 0 Å². The molecule has 0 bridgehead atoms. The highest BCUT2D eigenvalue weighted by Crippen LogP contribution is 2.25. The van der Waals surface area contributed by atoms with Crippen LogP contribution in [-0.2, 0) is 17.7 Å². The van der Waals surface area contributed by atoms with Crippen LogP contribution < -0.4 is 4.74 Å². The molecule has 23 heavy (non-hydrogen) atoms. The fraction of sp³-hybridized carbons (Fsp3) is 0.474. The summed E-state index contributed by atoms with van der Waals surface area (Å²) < 4.78 is 16.4. The highest BCUT2D eigenvalue weighted by atomic mass is 16.5. The fourth-order valence-electron chi connectivity index (χ4n) is 3.42. The molecule has 1 aliphatic rings. The van der Waals surface area contributed by atoms with Gasteiger partial charge in [0.2, 0.25) is 0 Å². The largest absolute Gasteiger partial charge is 0.497 e. The van der Waals surface area contributed by atoms with Gasteiger partial charge in [0, 0.05) is 26.1 Å². The average molecular weight is 315 g/mol. The molecule has 0 spiro atoms. The molecule has 3 rings (SSSR count). The molecule has 1 aromatic heterocycles. The molecule has 0 N–H and O–H groups in total. The van der Waals surface area contributed by atoms with Crippen LogP contribution in [0.25, 0.3) is 0 Å². The van der Waals surface area contributed by atoms with Crippen molar-refractivity contribution in [3.8, 4) is 5.75 Å². The molecule has 1 aliphatic heterocycles. The molecule has 1 fully saturated rings. The Morgan fingerprint density at radius 2 is 2.00 bits per heavy atom. The molecule has 1 aromatic carbocycles. The van der Waals surface area contributed by atoms with Gasteiger partial charge in [0.1, 0.15) is 11.5 Å². The maximum atomic E-state index is 5.73. The maximum absolute atomic E-state index is 5.73. The number of rotatable bonds is 6. The molecule has 1 saturated heterocycles. The van der Waals surface area contributed by atoms with Gasteiger partial charge in [-0.1, -0.05) is 12.1 Å². The predicted molar refractivity (Wildman–Crippen MR) is 89.6 cm³/mol. The van der Waals surface area contributed by atoms with Crippen LogP contribution in [0.3, 0.4) is 0 Å². The van der Waals surface area contributed by atoms with Crippen molar-refractivity contribution in [3.05, 3.63) is 54.0 Å². The molecule has 2 heterocycles. The lowest BCUT2D eigenvalue weighted by Gasteiger charge is -2.37. The number of likely N-dealkylation sites (tertiary alicyclic amines) is 1. The summed E-state index contributed by atoms with van der Waals surface area (Å²) in [6.07, 6.45) is 4.16. The summed E-state index contributed by atoms with van der Waals surface area (Å²) in [7, 11) is 3.53. The van der Waals surface area contributed by atoms with Crippen LogP contribution in [0.2, 0.25) is 0 Å². The number of furan rings is 1. The Hall–Kier alpha value is -1.78. The summed E-state index contributed by atoms with van der Waals surface area (Å²) in [4.78, 5) is 2.46. The van der Waals surface area contributed by atoms with Gasteiger partial charge in [0.15, 0.2) is 0 Å². The highest BCUT2D eigenvalue weighted by Gasteiger charge is 2.29. The maximum Gasteiger partial charge on any atom is 0.118 e. The smallest absolute Gasteiger partial charge is 0.118 e. The Morgan fingerprint density at radius 1 is 1.17 bits per heavy atom. The Balaban J connectivity index is 1.63. The zero-order valence-corrected chi connectivity index (χ0v) is 13.9. The van der Waals surface area contributed by atoms with E-state index in [9.17, 15) is 0 Å². The number of piperidine rings is 1. The third-order valence-corrected chi connectivity index (χ3v) is 4.67. The van der Waals surface area contributed by atoms with Gasteiger partial charge in [0.05, 0.1) is 26.0 Å². The van der Waals surface area contributed by atoms with Crippen molar-refractivity contribution >= 4 is 0 Å². The Kier molecular flexibility index (Phi) is 5.36. The van der Waals surface area contributed by atoms with Gasteiger partial charge < -0.3 is 13.9 Å². The molecule has 0 unspecified atom stereocenters. The minimum Gasteiger partial charge on any atom is -0.497 e. The van der Waals surface area contributed by atoms with E-state index in [1.807, 2.05) is 31.4 Å². The van der Waals surface area contributed by atoms with Crippen LogP contribution in [0, 0.1) is 5.92 Å². The normalized spacial score (nSPS) is 22.2. The Labute approximate surface area is 138 Å². The van der Waals surface area contributed by atoms with Gasteiger partial charge in [-0.3, -0.25) is 4.90 Å². The number of nitrogens with zero attached hydrogens (tertiary/aromatic N) is 1. The highest BCUT2D eigenvalue weighted by molar-refractivity contribution is 5.27. The molecular formula is C19H25NO3. The Bertz CT molecular complexity index is 579. The first-order valence-electron chi connectivity index (χ1n) is 8.19. The van der Waals surface area contributed by atoms with E-state index >= 15 is 0 Å². The molecule has 0 aliphatic carbocycles. The van der Waals surface area contributed by atoms with Crippen LogP contribution in [0.5, 0.6) is 5.75 Å². The summed E-state index contributed by atoms with van der Waals surface area (Å²) >= 11 is 0. The second kappa shape index (κ2) is 7.66. The molecule has 0 radical (unpaired) electrons. The minimum absolute atomic E-state index is 0.324. The minimum atomic E-state index is 0.324. The fourth-order valence-corrected chi connectivity index (χ4v) is 3.42. The summed E-state index contributed by atoms with van der Waals surface area (Å²) in [5.74, 6) is 2.43. The van der Waals surface area contributed by atoms with E-state index in [2.05, 4.69) is 17.0 Å². The lowest BCUT2D eigenvalue weighted by atomic mass is 9.88. The van der Waals surface area contributed by atoms with E-state index in [1.54, 1.807) is 13.4 Å². The second-order valence-electron chi connectivity index (χ2n) is 6.19. The van der Waals surface area contributed by atoms with Gasteiger partial charge in [-0.2, -0.15) is 0 Å². The molecule has 0 saturated carbocycles. The standard InChI is InChI=1S/C19H25NO3/c1-21-17-7-5-15(6-8-17)12-16-13-20(10-9-19(16)22-2)14-18-4-3-11-23-18/h3-8,11,16,19H,9-10,12-14H2,1-2H3/t16-,19-/m0/s1. The van der Waals surface area contributed by atoms with Crippen molar-refractivity contribution in [1.82, 2.24) is 4.90 Å². The monoisotopic (exact) mass is 315 g/mol. The number of hydrogen-bond donors (Lipinski definition) is 0. The van der Waals surface area contributed by atoms with E-state index in [0.29, 0.717) is 12.0 Å². The zero-order chi connectivity index (χ0) is 16.1. The number of methoxy groups -OCH3 is 2. The molecule has 2 aromatic rings. The van der Waals surface area contributed by atoms with Crippen molar-refractivity contribution in [2.24, 2.45) is 5.92 Å².